The maximum Gasteiger partial charge on any atom is 0.0705 e. The van der Waals surface area contributed by atoms with Crippen LogP contribution in [0.4, 0.5) is 0 Å². The van der Waals surface area contributed by atoms with Gasteiger partial charge in [-0.2, -0.15) is 0 Å². The molecule has 0 spiro atoms. The molecule has 0 aliphatic rings. The van der Waals surface area contributed by atoms with Crippen molar-refractivity contribution in [2.75, 3.05) is 26.9 Å². The maximum absolute atomic E-state index is 6.11. The molecule has 1 aromatic heterocycles. The molecule has 0 bridgehead atoms. The molecule has 0 radical (unpaired) electrons. The van der Waals surface area contributed by atoms with Crippen LogP contribution in [0, 0.1) is 6.92 Å². The highest BCUT2D eigenvalue weighted by atomic mass is 16.5. The van der Waals surface area contributed by atoms with Crippen LogP contribution in [0.1, 0.15) is 17.3 Å². The van der Waals surface area contributed by atoms with E-state index in [0.29, 0.717) is 19.8 Å². The van der Waals surface area contributed by atoms with Gasteiger partial charge in [0.15, 0.2) is 0 Å². The van der Waals surface area contributed by atoms with Crippen molar-refractivity contribution in [1.82, 2.24) is 4.98 Å². The number of ether oxygens (including phenoxy) is 2. The zero-order valence-corrected chi connectivity index (χ0v) is 11.4. The van der Waals surface area contributed by atoms with E-state index in [2.05, 4.69) is 17.1 Å². The Balaban J connectivity index is 2.05. The van der Waals surface area contributed by atoms with Crippen LogP contribution < -0.4 is 5.73 Å². The summed E-state index contributed by atoms with van der Waals surface area (Å²) in [6.07, 6.45) is 0. The summed E-state index contributed by atoms with van der Waals surface area (Å²) in [5.74, 6) is 0. The molecule has 2 rings (SSSR count). The lowest BCUT2D eigenvalue weighted by Crippen LogP contribution is -2.18. The fourth-order valence-electron chi connectivity index (χ4n) is 1.93. The van der Waals surface area contributed by atoms with Gasteiger partial charge in [-0.25, -0.2) is 0 Å². The van der Waals surface area contributed by atoms with Crippen molar-refractivity contribution in [3.63, 3.8) is 0 Å². The van der Waals surface area contributed by atoms with Gasteiger partial charge >= 0.3 is 0 Å². The number of hydrogen-bond acceptors (Lipinski definition) is 4. The molecule has 0 aliphatic carbocycles. The summed E-state index contributed by atoms with van der Waals surface area (Å²) in [5.41, 5.74) is 9.19. The fourth-order valence-corrected chi connectivity index (χ4v) is 1.93. The van der Waals surface area contributed by atoms with Crippen LogP contribution in [0.25, 0.3) is 10.9 Å². The molecule has 4 heteroatoms. The molecule has 0 aliphatic heterocycles. The highest BCUT2D eigenvalue weighted by Gasteiger charge is 2.07. The first-order valence-corrected chi connectivity index (χ1v) is 6.40. The van der Waals surface area contributed by atoms with Crippen molar-refractivity contribution >= 4 is 10.9 Å². The smallest absolute Gasteiger partial charge is 0.0705 e. The molecule has 102 valence electrons. The molecular weight excluding hydrogens is 240 g/mol. The number of hydrogen-bond donors (Lipinski definition) is 1. The van der Waals surface area contributed by atoms with E-state index < -0.39 is 0 Å². The van der Waals surface area contributed by atoms with Crippen LogP contribution >= 0.6 is 0 Å². The molecule has 4 nitrogen and oxygen atoms in total. The minimum Gasteiger partial charge on any atom is -0.382 e. The number of fused-ring (bicyclic) bond motifs is 1. The Morgan fingerprint density at radius 2 is 2.05 bits per heavy atom. The predicted octanol–water partition coefficient (Wildman–Crippen LogP) is 2.21. The largest absolute Gasteiger partial charge is 0.382 e. The summed E-state index contributed by atoms with van der Waals surface area (Å²) in [5, 5.41) is 1.11. The van der Waals surface area contributed by atoms with Crippen LogP contribution in [-0.4, -0.2) is 31.9 Å². The van der Waals surface area contributed by atoms with Crippen molar-refractivity contribution in [2.24, 2.45) is 5.73 Å². The summed E-state index contributed by atoms with van der Waals surface area (Å²) in [7, 11) is 1.65. The molecule has 0 saturated carbocycles. The summed E-state index contributed by atoms with van der Waals surface area (Å²) in [6.45, 7) is 3.64. The van der Waals surface area contributed by atoms with Gasteiger partial charge in [-0.3, -0.25) is 4.98 Å². The van der Waals surface area contributed by atoms with E-state index in [1.54, 1.807) is 7.11 Å². The predicted molar refractivity (Wildman–Crippen MR) is 76.1 cm³/mol. The van der Waals surface area contributed by atoms with Crippen molar-refractivity contribution in [1.29, 1.82) is 0 Å². The Labute approximate surface area is 113 Å². The lowest BCUT2D eigenvalue weighted by atomic mass is 10.1. The van der Waals surface area contributed by atoms with Crippen molar-refractivity contribution in [3.05, 3.63) is 41.6 Å². The van der Waals surface area contributed by atoms with Gasteiger partial charge in [-0.15, -0.1) is 0 Å². The van der Waals surface area contributed by atoms with Crippen molar-refractivity contribution < 1.29 is 9.47 Å². The van der Waals surface area contributed by atoms with E-state index in [0.717, 1.165) is 22.2 Å². The summed E-state index contributed by atoms with van der Waals surface area (Å²) < 4.78 is 10.4. The molecule has 0 fully saturated rings. The van der Waals surface area contributed by atoms with Crippen LogP contribution in [0.15, 0.2) is 30.3 Å². The quantitative estimate of drug-likeness (QED) is 0.809. The SMILES string of the molecule is COCCOCC(N)c1ccc2nc(C)ccc2c1. The van der Waals surface area contributed by atoms with Gasteiger partial charge in [0.1, 0.15) is 0 Å². The van der Waals surface area contributed by atoms with Crippen LogP contribution in [-0.2, 0) is 9.47 Å². The summed E-state index contributed by atoms with van der Waals surface area (Å²) >= 11 is 0. The molecule has 0 saturated heterocycles. The first-order chi connectivity index (χ1) is 9.20. The minimum atomic E-state index is -0.123. The first-order valence-electron chi connectivity index (χ1n) is 6.40. The fraction of sp³-hybridized carbons (Fsp3) is 0.400. The van der Waals surface area contributed by atoms with Gasteiger partial charge in [0.25, 0.3) is 0 Å². The Kier molecular flexibility index (Phi) is 4.85. The Morgan fingerprint density at radius 3 is 2.84 bits per heavy atom. The standard InChI is InChI=1S/C15H20N2O2/c1-11-3-4-13-9-12(5-6-15(13)17-11)14(16)10-19-8-7-18-2/h3-6,9,14H,7-8,10,16H2,1-2H3. The second-order valence-electron chi connectivity index (χ2n) is 4.58. The number of rotatable bonds is 6. The van der Waals surface area contributed by atoms with Gasteiger partial charge in [0.05, 0.1) is 31.4 Å². The van der Waals surface area contributed by atoms with Crippen molar-refractivity contribution in [2.45, 2.75) is 13.0 Å². The van der Waals surface area contributed by atoms with Gasteiger partial charge < -0.3 is 15.2 Å². The number of aryl methyl sites for hydroxylation is 1. The minimum absolute atomic E-state index is 0.123. The molecular formula is C15H20N2O2. The molecule has 1 heterocycles. The van der Waals surface area contributed by atoms with E-state index in [4.69, 9.17) is 15.2 Å². The van der Waals surface area contributed by atoms with E-state index in [-0.39, 0.29) is 6.04 Å². The van der Waals surface area contributed by atoms with E-state index in [1.165, 1.54) is 0 Å². The average molecular weight is 260 g/mol. The number of nitrogens with two attached hydrogens (primary N) is 1. The zero-order valence-electron chi connectivity index (χ0n) is 11.4. The van der Waals surface area contributed by atoms with Gasteiger partial charge in [-0.05, 0) is 30.7 Å². The van der Waals surface area contributed by atoms with Crippen LogP contribution in [0.3, 0.4) is 0 Å². The molecule has 1 aromatic carbocycles. The highest BCUT2D eigenvalue weighted by molar-refractivity contribution is 5.79. The van der Waals surface area contributed by atoms with Gasteiger partial charge in [-0.1, -0.05) is 12.1 Å². The Hall–Kier alpha value is -1.49. The number of methoxy groups -OCH3 is 1. The monoisotopic (exact) mass is 260 g/mol. The van der Waals surface area contributed by atoms with Crippen LogP contribution in [0.2, 0.25) is 0 Å². The van der Waals surface area contributed by atoms with Crippen LogP contribution in [0.5, 0.6) is 0 Å². The molecule has 1 atom stereocenters. The number of aromatic nitrogens is 1. The molecule has 1 unspecified atom stereocenters. The maximum atomic E-state index is 6.11. The summed E-state index contributed by atoms with van der Waals surface area (Å²) in [6, 6.07) is 10.0. The van der Waals surface area contributed by atoms with Gasteiger partial charge in [0.2, 0.25) is 0 Å². The zero-order chi connectivity index (χ0) is 13.7. The lowest BCUT2D eigenvalue weighted by Gasteiger charge is -2.13. The third kappa shape index (κ3) is 3.73. The number of nitrogens with zero attached hydrogens (tertiary/aromatic N) is 1. The Bertz CT molecular complexity index is 543. The normalized spacial score (nSPS) is 12.8. The topological polar surface area (TPSA) is 57.4 Å². The average Bonchev–Trinajstić information content (AvgIpc) is 2.42. The van der Waals surface area contributed by atoms with E-state index in [9.17, 15) is 0 Å². The molecule has 0 amide bonds. The molecule has 2 aromatic rings. The third-order valence-corrected chi connectivity index (χ3v) is 3.01. The number of pyridine rings is 1. The highest BCUT2D eigenvalue weighted by Crippen LogP contribution is 2.18. The van der Waals surface area contributed by atoms with E-state index >= 15 is 0 Å². The Morgan fingerprint density at radius 1 is 1.21 bits per heavy atom. The molecule has 2 N–H and O–H groups in total. The van der Waals surface area contributed by atoms with Gasteiger partial charge in [0, 0.05) is 18.2 Å². The second kappa shape index (κ2) is 6.61. The van der Waals surface area contributed by atoms with Crippen molar-refractivity contribution in [3.8, 4) is 0 Å². The third-order valence-electron chi connectivity index (χ3n) is 3.01. The number of benzene rings is 1. The van der Waals surface area contributed by atoms with E-state index in [1.807, 2.05) is 25.1 Å². The summed E-state index contributed by atoms with van der Waals surface area (Å²) in [4.78, 5) is 4.47. The first kappa shape index (κ1) is 13.9. The molecule has 19 heavy (non-hydrogen) atoms. The lowest BCUT2D eigenvalue weighted by molar-refractivity contribution is 0.0636. The second-order valence-corrected chi connectivity index (χ2v) is 4.58.